The normalized spacial score (nSPS) is 14.0. The lowest BCUT2D eigenvalue weighted by atomic mass is 10.1. The van der Waals surface area contributed by atoms with Crippen LogP contribution in [0.15, 0.2) is 24.5 Å². The number of piperazine rings is 1. The molecule has 4 rings (SSSR count). The lowest BCUT2D eigenvalue weighted by Crippen LogP contribution is -2.47. The van der Waals surface area contributed by atoms with Gasteiger partial charge < -0.3 is 20.2 Å². The predicted molar refractivity (Wildman–Crippen MR) is 158 cm³/mol. The zero-order valence-corrected chi connectivity index (χ0v) is 24.0. The van der Waals surface area contributed by atoms with E-state index < -0.39 is 29.3 Å². The Kier molecular flexibility index (Phi) is 11.6. The van der Waals surface area contributed by atoms with E-state index in [0.29, 0.717) is 56.9 Å². The summed E-state index contributed by atoms with van der Waals surface area (Å²) in [7, 11) is 0. The highest BCUT2D eigenvalue weighted by Gasteiger charge is 2.32. The summed E-state index contributed by atoms with van der Waals surface area (Å²) in [6, 6.07) is 2.31. The summed E-state index contributed by atoms with van der Waals surface area (Å²) in [4.78, 5) is 29.2. The lowest BCUT2D eigenvalue weighted by Gasteiger charge is -2.35. The number of carboxylic acids is 1. The molecule has 3 heterocycles. The second-order valence-electron chi connectivity index (χ2n) is 9.84. The molecule has 0 atom stereocenters. The second-order valence-corrected chi connectivity index (χ2v) is 10.8. The molecule has 15 heteroatoms. The van der Waals surface area contributed by atoms with Crippen molar-refractivity contribution >= 4 is 39.1 Å². The first-order chi connectivity index (χ1) is 20.0. The van der Waals surface area contributed by atoms with Crippen LogP contribution in [0.5, 0.6) is 0 Å². The SMILES string of the molecule is C.CCCN(CCC)c1sc(Nc2ncnc(N3CCN(CCC(=O)O)CC3)c2F)nc1-c1cc(F)cc(C(F)(F)F)c1. The summed E-state index contributed by atoms with van der Waals surface area (Å²) in [6.45, 7) is 7.47. The van der Waals surface area contributed by atoms with E-state index >= 15 is 4.39 Å². The highest BCUT2D eigenvalue weighted by atomic mass is 32.1. The van der Waals surface area contributed by atoms with Crippen molar-refractivity contribution in [2.24, 2.45) is 0 Å². The van der Waals surface area contributed by atoms with Crippen LogP contribution in [0.3, 0.4) is 0 Å². The summed E-state index contributed by atoms with van der Waals surface area (Å²) >= 11 is 1.12. The van der Waals surface area contributed by atoms with Crippen molar-refractivity contribution in [1.29, 1.82) is 0 Å². The zero-order chi connectivity index (χ0) is 30.4. The first-order valence-electron chi connectivity index (χ1n) is 13.6. The number of alkyl halides is 3. The van der Waals surface area contributed by atoms with Crippen molar-refractivity contribution in [3.63, 3.8) is 0 Å². The summed E-state index contributed by atoms with van der Waals surface area (Å²) in [6.07, 6.45) is -2.01. The molecule has 0 aliphatic carbocycles. The van der Waals surface area contributed by atoms with Crippen molar-refractivity contribution in [2.45, 2.75) is 46.7 Å². The minimum absolute atomic E-state index is 0. The van der Waals surface area contributed by atoms with Crippen molar-refractivity contribution < 1.29 is 31.9 Å². The van der Waals surface area contributed by atoms with Crippen molar-refractivity contribution in [1.82, 2.24) is 19.9 Å². The average Bonchev–Trinajstić information content (AvgIpc) is 3.36. The van der Waals surface area contributed by atoms with Crippen LogP contribution < -0.4 is 15.1 Å². The van der Waals surface area contributed by atoms with Gasteiger partial charge in [-0.1, -0.05) is 32.6 Å². The van der Waals surface area contributed by atoms with Gasteiger partial charge in [-0.3, -0.25) is 9.69 Å². The van der Waals surface area contributed by atoms with Crippen LogP contribution in [-0.2, 0) is 11.0 Å². The summed E-state index contributed by atoms with van der Waals surface area (Å²) in [5.41, 5.74) is -1.01. The zero-order valence-electron chi connectivity index (χ0n) is 23.2. The molecule has 0 spiro atoms. The van der Waals surface area contributed by atoms with Gasteiger partial charge in [-0.05, 0) is 31.0 Å². The largest absolute Gasteiger partial charge is 0.481 e. The predicted octanol–water partition coefficient (Wildman–Crippen LogP) is 6.50. The highest BCUT2D eigenvalue weighted by Crippen LogP contribution is 2.42. The van der Waals surface area contributed by atoms with E-state index in [1.807, 2.05) is 23.6 Å². The van der Waals surface area contributed by atoms with Gasteiger partial charge in [-0.2, -0.15) is 17.6 Å². The molecule has 1 aromatic carbocycles. The molecule has 2 aromatic heterocycles. The molecule has 9 nitrogen and oxygen atoms in total. The van der Waals surface area contributed by atoms with Crippen LogP contribution in [0.1, 0.15) is 46.1 Å². The number of hydrogen-bond acceptors (Lipinski definition) is 9. The third-order valence-electron chi connectivity index (χ3n) is 6.69. The Morgan fingerprint density at radius 3 is 2.35 bits per heavy atom. The maximum Gasteiger partial charge on any atom is 0.416 e. The van der Waals surface area contributed by atoms with E-state index in [1.165, 1.54) is 6.33 Å². The van der Waals surface area contributed by atoms with Gasteiger partial charge in [0, 0.05) is 51.4 Å². The number of aromatic nitrogens is 3. The van der Waals surface area contributed by atoms with Crippen LogP contribution in [-0.4, -0.2) is 76.7 Å². The standard InChI is InChI=1S/C27H32F5N7O2S.CH4/c1-3-6-39(7-4-2)25-22(17-13-18(27(30,31)32)15-19(28)14-17)35-26(42-25)36-23-21(29)24(34-16-33-23)38-11-9-37(10-12-38)8-5-20(40)41;/h13-16H,3-12H2,1-2H3,(H,40,41)(H,33,34,35,36);1H4. The van der Waals surface area contributed by atoms with E-state index in [-0.39, 0.29) is 41.9 Å². The Labute approximate surface area is 251 Å². The number of aliphatic carboxylic acids is 1. The van der Waals surface area contributed by atoms with Gasteiger partial charge in [-0.15, -0.1) is 0 Å². The van der Waals surface area contributed by atoms with Crippen LogP contribution in [0, 0.1) is 11.6 Å². The number of carbonyl (C=O) groups is 1. The molecule has 1 fully saturated rings. The number of carboxylic acid groups (broad SMARTS) is 1. The molecular weight excluding hydrogens is 593 g/mol. The number of anilines is 4. The van der Waals surface area contributed by atoms with Crippen molar-refractivity contribution in [3.8, 4) is 11.3 Å². The van der Waals surface area contributed by atoms with Gasteiger partial charge in [0.2, 0.25) is 5.82 Å². The number of halogens is 5. The Morgan fingerprint density at radius 2 is 1.74 bits per heavy atom. The second kappa shape index (κ2) is 14.7. The molecule has 0 radical (unpaired) electrons. The van der Waals surface area contributed by atoms with Crippen LogP contribution in [0.4, 0.5) is 43.7 Å². The highest BCUT2D eigenvalue weighted by molar-refractivity contribution is 7.20. The molecule has 1 aliphatic rings. The Bertz CT molecular complexity index is 1370. The Balaban J connectivity index is 0.00000506. The Morgan fingerprint density at radius 1 is 1.07 bits per heavy atom. The van der Waals surface area contributed by atoms with E-state index in [9.17, 15) is 22.4 Å². The third kappa shape index (κ3) is 8.50. The summed E-state index contributed by atoms with van der Waals surface area (Å²) < 4.78 is 70.5. The number of benzene rings is 1. The van der Waals surface area contributed by atoms with E-state index in [0.717, 1.165) is 36.3 Å². The fraction of sp³-hybridized carbons (Fsp3) is 0.500. The number of rotatable bonds is 12. The molecular formula is C28H36F5N7O2S. The van der Waals surface area contributed by atoms with Crippen molar-refractivity contribution in [2.75, 3.05) is 60.9 Å². The van der Waals surface area contributed by atoms with E-state index in [4.69, 9.17) is 5.11 Å². The first kappa shape index (κ1) is 33.9. The van der Waals surface area contributed by atoms with Gasteiger partial charge in [0.05, 0.1) is 12.0 Å². The topological polar surface area (TPSA) is 97.7 Å². The number of thiazole rings is 1. The molecule has 0 unspecified atom stereocenters. The molecule has 236 valence electrons. The van der Waals surface area contributed by atoms with Gasteiger partial charge in [-0.25, -0.2) is 19.3 Å². The quantitative estimate of drug-likeness (QED) is 0.218. The summed E-state index contributed by atoms with van der Waals surface area (Å²) in [5.74, 6) is -2.73. The lowest BCUT2D eigenvalue weighted by molar-refractivity contribution is -0.138. The Hall–Kier alpha value is -3.59. The molecule has 1 saturated heterocycles. The average molecular weight is 630 g/mol. The molecule has 0 bridgehead atoms. The van der Waals surface area contributed by atoms with Gasteiger partial charge in [0.1, 0.15) is 22.8 Å². The fourth-order valence-corrected chi connectivity index (χ4v) is 5.76. The van der Waals surface area contributed by atoms with Gasteiger partial charge in [0.25, 0.3) is 0 Å². The van der Waals surface area contributed by atoms with Gasteiger partial charge >= 0.3 is 12.1 Å². The third-order valence-corrected chi connectivity index (χ3v) is 7.72. The number of hydrogen-bond donors (Lipinski definition) is 2. The van der Waals surface area contributed by atoms with Crippen LogP contribution >= 0.6 is 11.3 Å². The smallest absolute Gasteiger partial charge is 0.416 e. The minimum Gasteiger partial charge on any atom is -0.481 e. The summed E-state index contributed by atoms with van der Waals surface area (Å²) in [5, 5.41) is 12.5. The van der Waals surface area contributed by atoms with E-state index in [1.54, 1.807) is 4.90 Å². The van der Waals surface area contributed by atoms with Gasteiger partial charge in [0.15, 0.2) is 16.8 Å². The molecule has 2 N–H and O–H groups in total. The first-order valence-corrected chi connectivity index (χ1v) is 14.4. The molecule has 1 aliphatic heterocycles. The number of nitrogens with zero attached hydrogens (tertiary/aromatic N) is 6. The molecule has 0 saturated carbocycles. The molecule has 0 amide bonds. The maximum absolute atomic E-state index is 15.6. The minimum atomic E-state index is -4.75. The maximum atomic E-state index is 15.6. The number of nitrogens with one attached hydrogen (secondary N) is 1. The van der Waals surface area contributed by atoms with Crippen molar-refractivity contribution in [3.05, 3.63) is 41.7 Å². The molecule has 43 heavy (non-hydrogen) atoms. The monoisotopic (exact) mass is 629 g/mol. The van der Waals surface area contributed by atoms with Crippen LogP contribution in [0.2, 0.25) is 0 Å². The fourth-order valence-electron chi connectivity index (χ4n) is 4.72. The van der Waals surface area contributed by atoms with E-state index in [2.05, 4.69) is 20.3 Å². The van der Waals surface area contributed by atoms with Crippen LogP contribution in [0.25, 0.3) is 11.3 Å². The molecule has 3 aromatic rings.